The topological polar surface area (TPSA) is 84.2 Å². The van der Waals surface area contributed by atoms with Crippen LogP contribution in [-0.2, 0) is 10.0 Å². The molecule has 0 bridgehead atoms. The fraction of sp³-hybridized carbons (Fsp3) is 0.400. The molecular formula is C10H14F3N3O2S2. The van der Waals surface area contributed by atoms with Crippen molar-refractivity contribution in [3.8, 4) is 0 Å². The van der Waals surface area contributed by atoms with Crippen molar-refractivity contribution in [3.63, 3.8) is 0 Å². The van der Waals surface area contributed by atoms with E-state index in [0.717, 1.165) is 0 Å². The molecule has 0 spiro atoms. The molecule has 0 aliphatic heterocycles. The van der Waals surface area contributed by atoms with E-state index >= 15 is 0 Å². The zero-order valence-corrected chi connectivity index (χ0v) is 12.1. The van der Waals surface area contributed by atoms with Crippen LogP contribution in [0.15, 0.2) is 23.1 Å². The Balaban J connectivity index is 2.81. The molecule has 0 amide bonds. The van der Waals surface area contributed by atoms with Gasteiger partial charge in [-0.15, -0.1) is 0 Å². The Morgan fingerprint density at radius 1 is 1.35 bits per heavy atom. The van der Waals surface area contributed by atoms with Gasteiger partial charge in [-0.2, -0.15) is 13.2 Å². The van der Waals surface area contributed by atoms with Crippen LogP contribution in [0.1, 0.15) is 0 Å². The summed E-state index contributed by atoms with van der Waals surface area (Å²) in [5.41, 5.74) is 1.66. The summed E-state index contributed by atoms with van der Waals surface area (Å²) in [4.78, 5) is -0.1000. The summed E-state index contributed by atoms with van der Waals surface area (Å²) >= 11 is -0.177. The van der Waals surface area contributed by atoms with Gasteiger partial charge in [-0.05, 0) is 37.0 Å². The third-order valence-corrected chi connectivity index (χ3v) is 4.44. The minimum Gasteiger partial charge on any atom is -0.399 e. The molecule has 114 valence electrons. The summed E-state index contributed by atoms with van der Waals surface area (Å²) in [6.07, 6.45) is 0. The molecule has 0 radical (unpaired) electrons. The summed E-state index contributed by atoms with van der Waals surface area (Å²) in [5.74, 6) is -0.229. The first-order chi connectivity index (χ1) is 9.15. The molecule has 5 nitrogen and oxygen atoms in total. The number of nitrogens with one attached hydrogen (secondary N) is 2. The third kappa shape index (κ3) is 5.10. The second-order valence-electron chi connectivity index (χ2n) is 3.68. The van der Waals surface area contributed by atoms with Crippen LogP contribution < -0.4 is 15.8 Å². The normalized spacial score (nSPS) is 12.4. The minimum atomic E-state index is -4.30. The largest absolute Gasteiger partial charge is 0.441 e. The van der Waals surface area contributed by atoms with Crippen LogP contribution in [0.5, 0.6) is 0 Å². The summed E-state index contributed by atoms with van der Waals surface area (Å²) in [6, 6.07) is 4.12. The summed E-state index contributed by atoms with van der Waals surface area (Å²) in [7, 11) is -2.50. The molecule has 1 rings (SSSR count). The zero-order valence-electron chi connectivity index (χ0n) is 10.5. The Kier molecular flexibility index (Phi) is 5.54. The van der Waals surface area contributed by atoms with Gasteiger partial charge in [-0.3, -0.25) is 0 Å². The number of hydrogen-bond acceptors (Lipinski definition) is 5. The molecule has 0 heterocycles. The number of halogens is 3. The molecule has 1 aromatic carbocycles. The number of sulfonamides is 1. The molecule has 0 unspecified atom stereocenters. The summed E-state index contributed by atoms with van der Waals surface area (Å²) in [6.45, 7) is -0.0275. The standard InChI is InChI=1S/C10H14F3N3O2S2/c1-15-20(17,18)9-6-7(14)2-3-8(9)16-4-5-19-10(11,12)13/h2-3,6,15-16H,4-5,14H2,1H3. The lowest BCUT2D eigenvalue weighted by Crippen LogP contribution is -2.21. The Morgan fingerprint density at radius 3 is 2.55 bits per heavy atom. The first-order valence-corrected chi connectivity index (χ1v) is 7.90. The maximum atomic E-state index is 12.0. The smallest absolute Gasteiger partial charge is 0.399 e. The van der Waals surface area contributed by atoms with E-state index in [-0.39, 0.29) is 40.3 Å². The van der Waals surface area contributed by atoms with Gasteiger partial charge < -0.3 is 11.1 Å². The number of hydrogen-bond donors (Lipinski definition) is 3. The van der Waals surface area contributed by atoms with E-state index in [1.165, 1.54) is 25.2 Å². The Bertz CT molecular complexity index is 561. The van der Waals surface area contributed by atoms with E-state index < -0.39 is 15.5 Å². The number of thioether (sulfide) groups is 1. The van der Waals surface area contributed by atoms with Crippen molar-refractivity contribution < 1.29 is 21.6 Å². The second-order valence-corrected chi connectivity index (χ2v) is 6.70. The third-order valence-electron chi connectivity index (χ3n) is 2.25. The molecule has 4 N–H and O–H groups in total. The highest BCUT2D eigenvalue weighted by molar-refractivity contribution is 8.00. The molecule has 0 aliphatic rings. The molecule has 0 saturated carbocycles. The minimum absolute atomic E-state index is 0.0275. The van der Waals surface area contributed by atoms with E-state index in [0.29, 0.717) is 0 Å². The van der Waals surface area contributed by atoms with Gasteiger partial charge in [0.15, 0.2) is 0 Å². The fourth-order valence-corrected chi connectivity index (χ4v) is 2.75. The summed E-state index contributed by atoms with van der Waals surface area (Å²) in [5, 5.41) is 2.66. The van der Waals surface area contributed by atoms with Crippen LogP contribution in [0.25, 0.3) is 0 Å². The van der Waals surface area contributed by atoms with Gasteiger partial charge in [0.2, 0.25) is 10.0 Å². The van der Waals surface area contributed by atoms with Crippen LogP contribution in [0.2, 0.25) is 0 Å². The number of benzene rings is 1. The number of nitrogens with two attached hydrogens (primary N) is 1. The lowest BCUT2D eigenvalue weighted by Gasteiger charge is -2.13. The van der Waals surface area contributed by atoms with Crippen LogP contribution >= 0.6 is 11.8 Å². The molecule has 10 heteroatoms. The molecular weight excluding hydrogens is 315 g/mol. The van der Waals surface area contributed by atoms with E-state index in [2.05, 4.69) is 10.0 Å². The monoisotopic (exact) mass is 329 g/mol. The molecule has 1 aromatic rings. The highest BCUT2D eigenvalue weighted by atomic mass is 32.2. The maximum absolute atomic E-state index is 12.0. The number of anilines is 2. The number of rotatable bonds is 6. The van der Waals surface area contributed by atoms with E-state index in [1.807, 2.05) is 0 Å². The van der Waals surface area contributed by atoms with Crippen molar-refractivity contribution in [2.45, 2.75) is 10.4 Å². The van der Waals surface area contributed by atoms with Crippen LogP contribution in [0.4, 0.5) is 24.5 Å². The number of alkyl halides is 3. The first-order valence-electron chi connectivity index (χ1n) is 5.43. The Morgan fingerprint density at radius 2 is 2.00 bits per heavy atom. The SMILES string of the molecule is CNS(=O)(=O)c1cc(N)ccc1NCCSC(F)(F)F. The first kappa shape index (κ1) is 16.9. The lowest BCUT2D eigenvalue weighted by atomic mass is 10.3. The molecule has 0 fully saturated rings. The molecule has 0 aliphatic carbocycles. The zero-order chi connectivity index (χ0) is 15.4. The molecule has 0 aromatic heterocycles. The average Bonchev–Trinajstić information content (AvgIpc) is 2.34. The van der Waals surface area contributed by atoms with Crippen LogP contribution in [-0.4, -0.2) is 33.3 Å². The average molecular weight is 329 g/mol. The second kappa shape index (κ2) is 6.55. The van der Waals surface area contributed by atoms with E-state index in [4.69, 9.17) is 5.73 Å². The Hall–Kier alpha value is -1.13. The van der Waals surface area contributed by atoms with Crippen LogP contribution in [0.3, 0.4) is 0 Å². The van der Waals surface area contributed by atoms with E-state index in [1.54, 1.807) is 0 Å². The number of nitrogen functional groups attached to an aromatic ring is 1. The van der Waals surface area contributed by atoms with Crippen molar-refractivity contribution in [1.82, 2.24) is 4.72 Å². The fourth-order valence-electron chi connectivity index (χ4n) is 1.37. The van der Waals surface area contributed by atoms with Crippen molar-refractivity contribution in [3.05, 3.63) is 18.2 Å². The predicted octanol–water partition coefficient (Wildman–Crippen LogP) is 1.84. The van der Waals surface area contributed by atoms with Gasteiger partial charge in [-0.25, -0.2) is 13.1 Å². The predicted molar refractivity (Wildman–Crippen MR) is 74.1 cm³/mol. The van der Waals surface area contributed by atoms with Gasteiger partial charge >= 0.3 is 5.51 Å². The highest BCUT2D eigenvalue weighted by Gasteiger charge is 2.27. The van der Waals surface area contributed by atoms with Crippen molar-refractivity contribution >= 4 is 33.2 Å². The highest BCUT2D eigenvalue weighted by Crippen LogP contribution is 2.30. The van der Waals surface area contributed by atoms with Crippen molar-refractivity contribution in [2.75, 3.05) is 30.4 Å². The molecule has 0 atom stereocenters. The van der Waals surface area contributed by atoms with Gasteiger partial charge in [0.05, 0.1) is 5.69 Å². The molecule has 20 heavy (non-hydrogen) atoms. The summed E-state index contributed by atoms with van der Waals surface area (Å²) < 4.78 is 61.6. The van der Waals surface area contributed by atoms with Crippen molar-refractivity contribution in [1.29, 1.82) is 0 Å². The maximum Gasteiger partial charge on any atom is 0.441 e. The lowest BCUT2D eigenvalue weighted by molar-refractivity contribution is -0.0327. The van der Waals surface area contributed by atoms with Gasteiger partial charge in [0.25, 0.3) is 0 Å². The van der Waals surface area contributed by atoms with Crippen LogP contribution in [0, 0.1) is 0 Å². The van der Waals surface area contributed by atoms with Gasteiger partial charge in [0, 0.05) is 18.0 Å². The Labute approximate surface area is 119 Å². The molecule has 0 saturated heterocycles. The van der Waals surface area contributed by atoms with Gasteiger partial charge in [0.1, 0.15) is 4.90 Å². The van der Waals surface area contributed by atoms with E-state index in [9.17, 15) is 21.6 Å². The van der Waals surface area contributed by atoms with Gasteiger partial charge in [-0.1, -0.05) is 0 Å². The van der Waals surface area contributed by atoms with Crippen molar-refractivity contribution in [2.24, 2.45) is 0 Å². The quantitative estimate of drug-likeness (QED) is 0.548.